The fraction of sp³-hybridized carbons (Fsp3) is 0.222. The summed E-state index contributed by atoms with van der Waals surface area (Å²) in [6, 6.07) is 11.2. The van der Waals surface area contributed by atoms with Crippen LogP contribution in [0.2, 0.25) is 0 Å². The molecule has 4 rings (SSSR count). The van der Waals surface area contributed by atoms with Crippen LogP contribution in [0.5, 0.6) is 0 Å². The molecule has 0 radical (unpaired) electrons. The van der Waals surface area contributed by atoms with Crippen LogP contribution < -0.4 is 5.56 Å². The second-order valence-corrected chi connectivity index (χ2v) is 7.26. The molecule has 0 aliphatic carbocycles. The number of aromatic nitrogens is 4. The second kappa shape index (κ2) is 7.55. The van der Waals surface area contributed by atoms with Gasteiger partial charge in [-0.25, -0.2) is 9.67 Å². The van der Waals surface area contributed by atoms with Gasteiger partial charge < -0.3 is 9.40 Å². The van der Waals surface area contributed by atoms with E-state index in [-0.39, 0.29) is 5.56 Å². The van der Waals surface area contributed by atoms with Crippen LogP contribution in [0.4, 0.5) is 0 Å². The highest BCUT2D eigenvalue weighted by molar-refractivity contribution is 7.71. The molecule has 0 fully saturated rings. The molecule has 0 atom stereocenters. The number of hydrogen-bond acceptors (Lipinski definition) is 7. The summed E-state index contributed by atoms with van der Waals surface area (Å²) < 4.78 is 7.25. The van der Waals surface area contributed by atoms with Gasteiger partial charge in [0.1, 0.15) is 5.82 Å². The summed E-state index contributed by atoms with van der Waals surface area (Å²) in [5.41, 5.74) is 0.551. The number of hydrogen-bond donors (Lipinski definition) is 1. The van der Waals surface area contributed by atoms with Gasteiger partial charge in [0, 0.05) is 0 Å². The molecule has 27 heavy (non-hydrogen) atoms. The number of rotatable bonds is 6. The zero-order valence-corrected chi connectivity index (χ0v) is 16.2. The molecule has 1 aromatic carbocycles. The van der Waals surface area contributed by atoms with Gasteiger partial charge in [-0.1, -0.05) is 25.1 Å². The smallest absolute Gasteiger partial charge is 0.288 e. The third kappa shape index (κ3) is 3.75. The Bertz CT molecular complexity index is 1180. The molecule has 3 heterocycles. The van der Waals surface area contributed by atoms with Gasteiger partial charge in [-0.2, -0.15) is 0 Å². The summed E-state index contributed by atoms with van der Waals surface area (Å²) in [4.78, 5) is 23.0. The zero-order chi connectivity index (χ0) is 18.8. The Kier molecular flexibility index (Phi) is 4.97. The van der Waals surface area contributed by atoms with Crippen LogP contribution in [0.3, 0.4) is 0 Å². The van der Waals surface area contributed by atoms with E-state index in [4.69, 9.17) is 16.6 Å². The number of nitrogens with zero attached hydrogens (tertiary/aromatic N) is 4. The van der Waals surface area contributed by atoms with Crippen LogP contribution in [-0.4, -0.2) is 31.2 Å². The Balaban J connectivity index is 1.57. The third-order valence-electron chi connectivity index (χ3n) is 4.15. The average molecular weight is 400 g/mol. The lowest BCUT2D eigenvalue weighted by molar-refractivity contribution is 0.200. The maximum atomic E-state index is 12.3. The van der Waals surface area contributed by atoms with Crippen LogP contribution in [0.25, 0.3) is 21.7 Å². The fourth-order valence-corrected chi connectivity index (χ4v) is 3.59. The molecule has 0 amide bonds. The first-order valence-electron chi connectivity index (χ1n) is 8.46. The van der Waals surface area contributed by atoms with Gasteiger partial charge in [-0.15, -0.1) is 16.4 Å². The Morgan fingerprint density at radius 1 is 1.30 bits per heavy atom. The lowest BCUT2D eigenvalue weighted by atomic mass is 10.2. The number of para-hydroxylation sites is 1. The Hall–Kier alpha value is -2.62. The zero-order valence-electron chi connectivity index (χ0n) is 14.6. The third-order valence-corrected chi connectivity index (χ3v) is 5.31. The summed E-state index contributed by atoms with van der Waals surface area (Å²) in [7, 11) is 0. The molecule has 1 N–H and O–H groups in total. The van der Waals surface area contributed by atoms with Crippen LogP contribution in [0.15, 0.2) is 51.0 Å². The van der Waals surface area contributed by atoms with Crippen molar-refractivity contribution < 1.29 is 4.42 Å². The first-order chi connectivity index (χ1) is 13.1. The lowest BCUT2D eigenvalue weighted by Gasteiger charge is -2.19. The molecule has 0 aliphatic rings. The van der Waals surface area contributed by atoms with Crippen molar-refractivity contribution in [1.82, 2.24) is 24.6 Å². The van der Waals surface area contributed by atoms with E-state index < -0.39 is 0 Å². The first kappa shape index (κ1) is 17.8. The topological polar surface area (TPSA) is 80.0 Å². The van der Waals surface area contributed by atoms with E-state index in [1.165, 1.54) is 0 Å². The number of thiophene rings is 1. The van der Waals surface area contributed by atoms with Crippen molar-refractivity contribution >= 4 is 34.5 Å². The van der Waals surface area contributed by atoms with Crippen LogP contribution >= 0.6 is 23.6 Å². The van der Waals surface area contributed by atoms with Crippen molar-refractivity contribution in [3.63, 3.8) is 0 Å². The molecular formula is C18H17N5O2S2. The van der Waals surface area contributed by atoms with Crippen LogP contribution in [0.1, 0.15) is 12.7 Å². The summed E-state index contributed by atoms with van der Waals surface area (Å²) in [5.74, 6) is 1.12. The SMILES string of the molecule is CCN(Cc1nc2ccccc2c(=O)[nH]1)Cn1nc(-c2cccs2)oc1=S. The fourth-order valence-electron chi connectivity index (χ4n) is 2.77. The molecule has 0 saturated heterocycles. The van der Waals surface area contributed by atoms with Gasteiger partial charge in [0.25, 0.3) is 16.3 Å². The maximum Gasteiger partial charge on any atom is 0.288 e. The van der Waals surface area contributed by atoms with Gasteiger partial charge in [0.15, 0.2) is 0 Å². The Labute approximate surface area is 163 Å². The highest BCUT2D eigenvalue weighted by atomic mass is 32.1. The van der Waals surface area contributed by atoms with Gasteiger partial charge in [-0.05, 0) is 42.3 Å². The highest BCUT2D eigenvalue weighted by Crippen LogP contribution is 2.23. The van der Waals surface area contributed by atoms with Crippen LogP contribution in [0, 0.1) is 4.84 Å². The second-order valence-electron chi connectivity index (χ2n) is 5.97. The van der Waals surface area contributed by atoms with Crippen molar-refractivity contribution in [2.24, 2.45) is 0 Å². The molecular weight excluding hydrogens is 382 g/mol. The predicted molar refractivity (Wildman–Crippen MR) is 107 cm³/mol. The lowest BCUT2D eigenvalue weighted by Crippen LogP contribution is -2.28. The first-order valence-corrected chi connectivity index (χ1v) is 9.75. The van der Waals surface area contributed by atoms with E-state index in [1.54, 1.807) is 22.1 Å². The molecule has 0 bridgehead atoms. The van der Waals surface area contributed by atoms with Gasteiger partial charge in [0.2, 0.25) is 0 Å². The molecule has 0 spiro atoms. The number of fused-ring (bicyclic) bond motifs is 1. The van der Waals surface area contributed by atoms with E-state index >= 15 is 0 Å². The van der Waals surface area contributed by atoms with E-state index in [0.717, 1.165) is 11.4 Å². The number of H-pyrrole nitrogens is 1. The minimum Gasteiger partial charge on any atom is -0.408 e. The van der Waals surface area contributed by atoms with Crippen molar-refractivity contribution in [3.05, 3.63) is 62.8 Å². The van der Waals surface area contributed by atoms with Gasteiger partial charge in [0.05, 0.1) is 29.0 Å². The van der Waals surface area contributed by atoms with Crippen molar-refractivity contribution in [3.8, 4) is 10.8 Å². The highest BCUT2D eigenvalue weighted by Gasteiger charge is 2.13. The molecule has 0 saturated carbocycles. The average Bonchev–Trinajstić information content (AvgIpc) is 3.31. The van der Waals surface area contributed by atoms with Gasteiger partial charge in [-0.3, -0.25) is 9.69 Å². The van der Waals surface area contributed by atoms with Crippen molar-refractivity contribution in [1.29, 1.82) is 0 Å². The minimum atomic E-state index is -0.135. The van der Waals surface area contributed by atoms with E-state index in [2.05, 4.69) is 20.0 Å². The number of nitrogens with one attached hydrogen (secondary N) is 1. The molecule has 4 aromatic rings. The molecule has 138 valence electrons. The summed E-state index contributed by atoms with van der Waals surface area (Å²) in [6.07, 6.45) is 0. The monoisotopic (exact) mass is 399 g/mol. The molecule has 0 unspecified atom stereocenters. The summed E-state index contributed by atoms with van der Waals surface area (Å²) >= 11 is 6.85. The quantitative estimate of drug-likeness (QED) is 0.499. The van der Waals surface area contributed by atoms with Gasteiger partial charge >= 0.3 is 0 Å². The minimum absolute atomic E-state index is 0.135. The van der Waals surface area contributed by atoms with Crippen molar-refractivity contribution in [2.45, 2.75) is 20.1 Å². The molecule has 7 nitrogen and oxygen atoms in total. The largest absolute Gasteiger partial charge is 0.408 e. The molecule has 3 aromatic heterocycles. The van der Waals surface area contributed by atoms with E-state index in [1.807, 2.05) is 42.6 Å². The summed E-state index contributed by atoms with van der Waals surface area (Å²) in [5, 5.41) is 7.02. The normalized spacial score (nSPS) is 11.5. The number of benzene rings is 1. The predicted octanol–water partition coefficient (Wildman–Crippen LogP) is 3.65. The Morgan fingerprint density at radius 2 is 2.15 bits per heavy atom. The summed E-state index contributed by atoms with van der Waals surface area (Å²) in [6.45, 7) is 3.68. The van der Waals surface area contributed by atoms with E-state index in [0.29, 0.717) is 40.7 Å². The maximum absolute atomic E-state index is 12.3. The molecule has 0 aliphatic heterocycles. The Morgan fingerprint density at radius 3 is 2.93 bits per heavy atom. The number of aromatic amines is 1. The van der Waals surface area contributed by atoms with Crippen molar-refractivity contribution in [2.75, 3.05) is 6.54 Å². The standard InChI is InChI=1S/C18H17N5O2S2/c1-2-22(10-15-19-13-7-4-3-6-12(13)16(24)20-15)11-23-18(26)25-17(21-23)14-8-5-9-27-14/h3-9H,2,10-11H2,1H3,(H,19,20,24). The van der Waals surface area contributed by atoms with Crippen LogP contribution in [-0.2, 0) is 13.2 Å². The molecule has 9 heteroatoms. The van der Waals surface area contributed by atoms with E-state index in [9.17, 15) is 4.79 Å².